The van der Waals surface area contributed by atoms with Crippen LogP contribution in [-0.4, -0.2) is 34.7 Å². The Morgan fingerprint density at radius 3 is 2.39 bits per heavy atom. The smallest absolute Gasteiger partial charge is 0.353 e. The van der Waals surface area contributed by atoms with E-state index < -0.39 is 29.2 Å². The van der Waals surface area contributed by atoms with Crippen LogP contribution in [0.3, 0.4) is 0 Å². The number of hydrogen-bond donors (Lipinski definition) is 3. The summed E-state index contributed by atoms with van der Waals surface area (Å²) in [6.07, 6.45) is 3.93. The first kappa shape index (κ1) is 29.2. The zero-order valence-electron chi connectivity index (χ0n) is 21.3. The third-order valence-corrected chi connectivity index (χ3v) is 7.55. The molecule has 1 heterocycles. The number of esters is 1. The molecule has 0 saturated carbocycles. The van der Waals surface area contributed by atoms with Crippen molar-refractivity contribution in [1.82, 2.24) is 5.32 Å². The normalized spacial score (nSPS) is 12.1. The van der Waals surface area contributed by atoms with Gasteiger partial charge in [-0.3, -0.25) is 4.79 Å². The molecular weight excluding hydrogens is 483 g/mol. The maximum absolute atomic E-state index is 14.6. The summed E-state index contributed by atoms with van der Waals surface area (Å²) >= 11 is 1.16. The molecule has 0 fully saturated rings. The number of thiophene rings is 1. The van der Waals surface area contributed by atoms with Crippen molar-refractivity contribution in [2.45, 2.75) is 78.7 Å². The highest BCUT2D eigenvalue weighted by molar-refractivity contribution is 7.14. The van der Waals surface area contributed by atoms with Crippen molar-refractivity contribution in [1.29, 1.82) is 5.41 Å². The number of rotatable bonds is 14. The van der Waals surface area contributed by atoms with Gasteiger partial charge in [0.2, 0.25) is 5.91 Å². The van der Waals surface area contributed by atoms with Crippen molar-refractivity contribution in [3.05, 3.63) is 51.5 Å². The van der Waals surface area contributed by atoms with Crippen molar-refractivity contribution < 1.29 is 28.6 Å². The van der Waals surface area contributed by atoms with E-state index in [4.69, 9.17) is 10.1 Å². The summed E-state index contributed by atoms with van der Waals surface area (Å²) < 4.78 is 19.8. The van der Waals surface area contributed by atoms with Crippen LogP contribution in [0.25, 0.3) is 0 Å². The maximum Gasteiger partial charge on any atom is 0.353 e. The van der Waals surface area contributed by atoms with Crippen LogP contribution in [0.15, 0.2) is 30.3 Å². The first-order valence-corrected chi connectivity index (χ1v) is 13.1. The topological polar surface area (TPSA) is 117 Å². The molecule has 9 heteroatoms. The van der Waals surface area contributed by atoms with Crippen LogP contribution in [0.2, 0.25) is 0 Å². The van der Waals surface area contributed by atoms with Gasteiger partial charge in [0, 0.05) is 10.6 Å². The van der Waals surface area contributed by atoms with E-state index in [2.05, 4.69) is 5.32 Å². The van der Waals surface area contributed by atoms with Gasteiger partial charge in [-0.15, -0.1) is 11.3 Å². The van der Waals surface area contributed by atoms with E-state index in [1.165, 1.54) is 12.1 Å². The molecule has 0 radical (unpaired) electrons. The second kappa shape index (κ2) is 13.3. The lowest BCUT2D eigenvalue weighted by Gasteiger charge is -2.31. The van der Waals surface area contributed by atoms with Crippen molar-refractivity contribution >= 4 is 34.9 Å². The Morgan fingerprint density at radius 1 is 1.14 bits per heavy atom. The Hall–Kier alpha value is -3.07. The third-order valence-electron chi connectivity index (χ3n) is 6.49. The van der Waals surface area contributed by atoms with E-state index in [1.54, 1.807) is 25.1 Å². The molecule has 7 nitrogen and oxygen atoms in total. The summed E-state index contributed by atoms with van der Waals surface area (Å²) in [5.74, 6) is -3.04. The van der Waals surface area contributed by atoms with E-state index in [0.29, 0.717) is 37.0 Å². The second-order valence-electron chi connectivity index (χ2n) is 8.82. The maximum atomic E-state index is 14.6. The summed E-state index contributed by atoms with van der Waals surface area (Å²) in [7, 11) is 0. The third kappa shape index (κ3) is 7.22. The highest BCUT2D eigenvalue weighted by Crippen LogP contribution is 2.34. The standard InChI is InChI=1S/C27H35FN2O5S/c1-5-9-10-20(29)17-11-13-22(19(28)15-17)35-25(33)23-14-12-18(36-23)16-27(7-3,8-4)26(34)30-21(6-2)24(31)32/h11-15,21,29H,5-10,16H2,1-4H3,(H,30,34)(H,31,32). The Bertz CT molecular complexity index is 1090. The molecule has 196 valence electrons. The zero-order chi connectivity index (χ0) is 26.9. The van der Waals surface area contributed by atoms with Gasteiger partial charge in [-0.1, -0.05) is 34.1 Å². The number of unbranched alkanes of at least 4 members (excludes halogenated alkanes) is 1. The van der Waals surface area contributed by atoms with Crippen LogP contribution in [0.4, 0.5) is 4.39 Å². The number of ether oxygens (including phenoxy) is 1. The van der Waals surface area contributed by atoms with Gasteiger partial charge in [0.15, 0.2) is 11.6 Å². The van der Waals surface area contributed by atoms with Gasteiger partial charge in [-0.2, -0.15) is 0 Å². The van der Waals surface area contributed by atoms with Gasteiger partial charge in [0.05, 0.1) is 5.41 Å². The molecule has 36 heavy (non-hydrogen) atoms. The predicted octanol–water partition coefficient (Wildman–Crippen LogP) is 5.99. The summed E-state index contributed by atoms with van der Waals surface area (Å²) in [6.45, 7) is 7.47. The van der Waals surface area contributed by atoms with Crippen molar-refractivity contribution in [2.24, 2.45) is 5.41 Å². The molecule has 0 spiro atoms. The zero-order valence-corrected chi connectivity index (χ0v) is 22.1. The number of halogens is 1. The lowest BCUT2D eigenvalue weighted by atomic mass is 9.77. The summed E-state index contributed by atoms with van der Waals surface area (Å²) in [5.41, 5.74) is -0.0235. The quantitative estimate of drug-likeness (QED) is 0.161. The lowest BCUT2D eigenvalue weighted by Crippen LogP contribution is -2.48. The van der Waals surface area contributed by atoms with Gasteiger partial charge in [-0.25, -0.2) is 14.0 Å². The summed E-state index contributed by atoms with van der Waals surface area (Å²) in [4.78, 5) is 38.1. The molecule has 0 aliphatic carbocycles. The van der Waals surface area contributed by atoms with Crippen LogP contribution >= 0.6 is 11.3 Å². The van der Waals surface area contributed by atoms with Gasteiger partial charge < -0.3 is 20.6 Å². The molecule has 1 atom stereocenters. The first-order chi connectivity index (χ1) is 17.1. The number of benzene rings is 1. The van der Waals surface area contributed by atoms with Gasteiger partial charge >= 0.3 is 11.9 Å². The van der Waals surface area contributed by atoms with Crippen molar-refractivity contribution in [2.75, 3.05) is 0 Å². The average molecular weight is 519 g/mol. The summed E-state index contributed by atoms with van der Waals surface area (Å²) in [6, 6.07) is 6.48. The number of aliphatic carboxylic acids is 1. The molecule has 2 rings (SSSR count). The monoisotopic (exact) mass is 518 g/mol. The molecule has 1 unspecified atom stereocenters. The lowest BCUT2D eigenvalue weighted by molar-refractivity contribution is -0.144. The summed E-state index contributed by atoms with van der Waals surface area (Å²) in [5, 5.41) is 20.0. The SMILES string of the molecule is CCCCC(=N)c1ccc(OC(=O)c2ccc(CC(CC)(CC)C(=O)NC(CC)C(=O)O)s2)c(F)c1. The fraction of sp³-hybridized carbons (Fsp3) is 0.481. The van der Waals surface area contributed by atoms with Gasteiger partial charge in [-0.05, 0) is 74.4 Å². The minimum Gasteiger partial charge on any atom is -0.480 e. The highest BCUT2D eigenvalue weighted by Gasteiger charge is 2.37. The van der Waals surface area contributed by atoms with E-state index in [9.17, 15) is 23.9 Å². The van der Waals surface area contributed by atoms with Crippen LogP contribution in [0, 0.1) is 16.6 Å². The molecular formula is C27H35FN2O5S. The minimum absolute atomic E-state index is 0.211. The van der Waals surface area contributed by atoms with Crippen LogP contribution in [-0.2, 0) is 16.0 Å². The molecule has 0 aliphatic heterocycles. The largest absolute Gasteiger partial charge is 0.480 e. The van der Waals surface area contributed by atoms with Crippen molar-refractivity contribution in [3.63, 3.8) is 0 Å². The Balaban J connectivity index is 2.13. The van der Waals surface area contributed by atoms with Crippen LogP contribution < -0.4 is 10.1 Å². The molecule has 2 aromatic rings. The average Bonchev–Trinajstić information content (AvgIpc) is 3.33. The number of amides is 1. The number of carboxylic acid groups (broad SMARTS) is 1. The Kier molecular flexibility index (Phi) is 10.8. The molecule has 1 amide bonds. The van der Waals surface area contributed by atoms with Crippen LogP contribution in [0.1, 0.15) is 86.3 Å². The van der Waals surface area contributed by atoms with E-state index >= 15 is 0 Å². The fourth-order valence-corrected chi connectivity index (χ4v) is 4.91. The molecule has 0 bridgehead atoms. The number of carbonyl (C=O) groups is 3. The fourth-order valence-electron chi connectivity index (χ4n) is 3.89. The predicted molar refractivity (Wildman–Crippen MR) is 139 cm³/mol. The Morgan fingerprint density at radius 2 is 1.83 bits per heavy atom. The number of hydrogen-bond acceptors (Lipinski definition) is 6. The number of carbonyl (C=O) groups excluding carboxylic acids is 2. The minimum atomic E-state index is -1.08. The van der Waals surface area contributed by atoms with Gasteiger partial charge in [0.25, 0.3) is 0 Å². The highest BCUT2D eigenvalue weighted by atomic mass is 32.1. The van der Waals surface area contributed by atoms with E-state index in [0.717, 1.165) is 29.1 Å². The molecule has 0 aliphatic rings. The van der Waals surface area contributed by atoms with E-state index in [1.807, 2.05) is 20.8 Å². The van der Waals surface area contributed by atoms with Gasteiger partial charge in [0.1, 0.15) is 10.9 Å². The second-order valence-corrected chi connectivity index (χ2v) is 9.99. The molecule has 1 aromatic carbocycles. The van der Waals surface area contributed by atoms with E-state index in [-0.39, 0.29) is 23.0 Å². The number of carboxylic acids is 1. The Labute approximate surface area is 215 Å². The molecule has 1 aromatic heterocycles. The van der Waals surface area contributed by atoms with Crippen molar-refractivity contribution in [3.8, 4) is 5.75 Å². The first-order valence-electron chi connectivity index (χ1n) is 12.3. The van der Waals surface area contributed by atoms with Crippen LogP contribution in [0.5, 0.6) is 5.75 Å². The molecule has 0 saturated heterocycles. The number of nitrogens with one attached hydrogen (secondary N) is 2. The molecule has 3 N–H and O–H groups in total.